The molecule has 1 atom stereocenters. The Hall–Kier alpha value is -1.55. The monoisotopic (exact) mass is 205 g/mol. The summed E-state index contributed by atoms with van der Waals surface area (Å²) in [5.74, 6) is -0.272. The molecule has 0 aromatic heterocycles. The molecule has 0 radical (unpaired) electrons. The molecule has 1 fully saturated rings. The molecule has 0 saturated carbocycles. The van der Waals surface area contributed by atoms with Crippen LogP contribution in [0.2, 0.25) is 0 Å². The van der Waals surface area contributed by atoms with Gasteiger partial charge in [0.2, 0.25) is 5.91 Å². The van der Waals surface area contributed by atoms with E-state index < -0.39 is 0 Å². The molecule has 15 heavy (non-hydrogen) atoms. The van der Waals surface area contributed by atoms with Crippen molar-refractivity contribution >= 4 is 11.6 Å². The normalized spacial score (nSPS) is 21.3. The highest BCUT2D eigenvalue weighted by Crippen LogP contribution is 2.17. The molecular weight excluding hydrogens is 190 g/mol. The van der Waals surface area contributed by atoms with Gasteiger partial charge in [-0.1, -0.05) is 18.2 Å². The Morgan fingerprint density at radius 3 is 2.80 bits per heavy atom. The summed E-state index contributed by atoms with van der Waals surface area (Å²) in [6, 6.07) is 9.67. The summed E-state index contributed by atoms with van der Waals surface area (Å²) in [5.41, 5.74) is 6.43. The Bertz CT molecular complexity index is 339. The van der Waals surface area contributed by atoms with E-state index in [9.17, 15) is 4.79 Å². The van der Waals surface area contributed by atoms with E-state index >= 15 is 0 Å². The number of amides is 1. The smallest absolute Gasteiger partial charge is 0.241 e. The minimum absolute atomic E-state index is 0.235. The quantitative estimate of drug-likeness (QED) is 0.711. The van der Waals surface area contributed by atoms with Crippen molar-refractivity contribution in [1.29, 1.82) is 0 Å². The van der Waals surface area contributed by atoms with Gasteiger partial charge in [0, 0.05) is 25.3 Å². The zero-order chi connectivity index (χ0) is 10.7. The van der Waals surface area contributed by atoms with Crippen molar-refractivity contribution in [2.45, 2.75) is 6.04 Å². The summed E-state index contributed by atoms with van der Waals surface area (Å²) in [7, 11) is 0. The number of carbonyl (C=O) groups excluding carboxylic acids is 1. The second kappa shape index (κ2) is 4.31. The Kier molecular flexibility index (Phi) is 2.87. The molecule has 0 bridgehead atoms. The minimum atomic E-state index is -0.272. The molecule has 4 heteroatoms. The molecule has 0 aliphatic carbocycles. The Morgan fingerprint density at radius 2 is 2.13 bits per heavy atom. The first-order valence-electron chi connectivity index (χ1n) is 5.11. The van der Waals surface area contributed by atoms with E-state index in [1.54, 1.807) is 0 Å². The van der Waals surface area contributed by atoms with Crippen molar-refractivity contribution in [2.75, 3.05) is 24.5 Å². The van der Waals surface area contributed by atoms with Gasteiger partial charge >= 0.3 is 0 Å². The fourth-order valence-corrected chi connectivity index (χ4v) is 1.89. The van der Waals surface area contributed by atoms with E-state index in [2.05, 4.69) is 10.2 Å². The molecule has 4 nitrogen and oxygen atoms in total. The van der Waals surface area contributed by atoms with Crippen LogP contribution >= 0.6 is 0 Å². The highest BCUT2D eigenvalue weighted by molar-refractivity contribution is 5.84. The number of hydrogen-bond donors (Lipinski definition) is 2. The fourth-order valence-electron chi connectivity index (χ4n) is 1.89. The van der Waals surface area contributed by atoms with Crippen LogP contribution in [0.4, 0.5) is 5.69 Å². The van der Waals surface area contributed by atoms with Crippen LogP contribution in [-0.2, 0) is 4.79 Å². The highest BCUT2D eigenvalue weighted by atomic mass is 16.1. The standard InChI is InChI=1S/C11H15N3O/c12-11(15)10-8-13-6-7-14(10)9-4-2-1-3-5-9/h1-5,10,13H,6-8H2,(H2,12,15)/t10-/m0/s1. The molecule has 1 saturated heterocycles. The zero-order valence-corrected chi connectivity index (χ0v) is 8.52. The van der Waals surface area contributed by atoms with E-state index in [1.807, 2.05) is 30.3 Å². The summed E-state index contributed by atoms with van der Waals surface area (Å²) in [6.07, 6.45) is 0. The van der Waals surface area contributed by atoms with Crippen molar-refractivity contribution in [1.82, 2.24) is 5.32 Å². The van der Waals surface area contributed by atoms with Crippen LogP contribution in [0, 0.1) is 0 Å². The van der Waals surface area contributed by atoms with Gasteiger partial charge in [0.1, 0.15) is 6.04 Å². The summed E-state index contributed by atoms with van der Waals surface area (Å²) in [6.45, 7) is 2.33. The molecule has 1 aromatic rings. The van der Waals surface area contributed by atoms with Crippen molar-refractivity contribution in [3.8, 4) is 0 Å². The predicted octanol–water partition coefficient (Wildman–Crippen LogP) is -0.0499. The lowest BCUT2D eigenvalue weighted by atomic mass is 10.1. The average Bonchev–Trinajstić information content (AvgIpc) is 2.30. The predicted molar refractivity (Wildman–Crippen MR) is 59.6 cm³/mol. The lowest BCUT2D eigenvalue weighted by molar-refractivity contribution is -0.119. The van der Waals surface area contributed by atoms with Gasteiger partial charge in [-0.05, 0) is 12.1 Å². The third kappa shape index (κ3) is 2.10. The molecule has 1 aromatic carbocycles. The second-order valence-electron chi connectivity index (χ2n) is 3.65. The molecule has 2 rings (SSSR count). The number of benzene rings is 1. The Balaban J connectivity index is 2.22. The number of nitrogens with zero attached hydrogens (tertiary/aromatic N) is 1. The molecule has 3 N–H and O–H groups in total. The number of piperazine rings is 1. The topological polar surface area (TPSA) is 58.4 Å². The summed E-state index contributed by atoms with van der Waals surface area (Å²) >= 11 is 0. The van der Waals surface area contributed by atoms with Crippen LogP contribution in [-0.4, -0.2) is 31.6 Å². The first kappa shape index (κ1) is 9.98. The van der Waals surface area contributed by atoms with E-state index in [0.29, 0.717) is 6.54 Å². The number of nitrogens with two attached hydrogens (primary N) is 1. The number of rotatable bonds is 2. The largest absolute Gasteiger partial charge is 0.368 e. The fraction of sp³-hybridized carbons (Fsp3) is 0.364. The third-order valence-electron chi connectivity index (χ3n) is 2.66. The van der Waals surface area contributed by atoms with Gasteiger partial charge in [-0.2, -0.15) is 0 Å². The number of anilines is 1. The number of para-hydroxylation sites is 1. The van der Waals surface area contributed by atoms with E-state index in [1.165, 1.54) is 0 Å². The third-order valence-corrected chi connectivity index (χ3v) is 2.66. The van der Waals surface area contributed by atoms with Crippen molar-refractivity contribution in [3.63, 3.8) is 0 Å². The average molecular weight is 205 g/mol. The van der Waals surface area contributed by atoms with Crippen LogP contribution in [0.5, 0.6) is 0 Å². The second-order valence-corrected chi connectivity index (χ2v) is 3.65. The SMILES string of the molecule is NC(=O)[C@@H]1CNCCN1c1ccccc1. The first-order valence-corrected chi connectivity index (χ1v) is 5.11. The number of nitrogens with one attached hydrogen (secondary N) is 1. The van der Waals surface area contributed by atoms with Crippen LogP contribution in [0.1, 0.15) is 0 Å². The van der Waals surface area contributed by atoms with Gasteiger partial charge in [0.15, 0.2) is 0 Å². The summed E-state index contributed by atoms with van der Waals surface area (Å²) in [4.78, 5) is 13.3. The van der Waals surface area contributed by atoms with Gasteiger partial charge in [0.05, 0.1) is 0 Å². The molecule has 1 aliphatic heterocycles. The first-order chi connectivity index (χ1) is 7.29. The summed E-state index contributed by atoms with van der Waals surface area (Å²) in [5, 5.41) is 3.17. The van der Waals surface area contributed by atoms with E-state index in [-0.39, 0.29) is 11.9 Å². The maximum atomic E-state index is 11.3. The van der Waals surface area contributed by atoms with Crippen molar-refractivity contribution < 1.29 is 4.79 Å². The van der Waals surface area contributed by atoms with Gasteiger partial charge < -0.3 is 16.0 Å². The van der Waals surface area contributed by atoms with Crippen LogP contribution in [0.3, 0.4) is 0 Å². The summed E-state index contributed by atoms with van der Waals surface area (Å²) < 4.78 is 0. The molecule has 1 aliphatic rings. The van der Waals surface area contributed by atoms with Crippen molar-refractivity contribution in [2.24, 2.45) is 5.73 Å². The van der Waals surface area contributed by atoms with Crippen molar-refractivity contribution in [3.05, 3.63) is 30.3 Å². The molecule has 1 heterocycles. The van der Waals surface area contributed by atoms with Gasteiger partial charge in [-0.25, -0.2) is 0 Å². The van der Waals surface area contributed by atoms with Crippen LogP contribution < -0.4 is 16.0 Å². The molecule has 0 spiro atoms. The molecule has 0 unspecified atom stereocenters. The lowest BCUT2D eigenvalue weighted by Gasteiger charge is -2.35. The van der Waals surface area contributed by atoms with Gasteiger partial charge in [-0.15, -0.1) is 0 Å². The van der Waals surface area contributed by atoms with Crippen LogP contribution in [0.15, 0.2) is 30.3 Å². The maximum Gasteiger partial charge on any atom is 0.241 e. The van der Waals surface area contributed by atoms with Crippen LogP contribution in [0.25, 0.3) is 0 Å². The Morgan fingerprint density at radius 1 is 1.40 bits per heavy atom. The molecule has 80 valence electrons. The Labute approximate surface area is 89.1 Å². The van der Waals surface area contributed by atoms with Gasteiger partial charge in [-0.3, -0.25) is 4.79 Å². The van der Waals surface area contributed by atoms with E-state index in [0.717, 1.165) is 18.8 Å². The molecular formula is C11H15N3O. The number of carbonyl (C=O) groups is 1. The van der Waals surface area contributed by atoms with Gasteiger partial charge in [0.25, 0.3) is 0 Å². The molecule has 1 amide bonds. The van der Waals surface area contributed by atoms with E-state index in [4.69, 9.17) is 5.73 Å². The minimum Gasteiger partial charge on any atom is -0.368 e. The number of hydrogen-bond acceptors (Lipinski definition) is 3. The maximum absolute atomic E-state index is 11.3. The lowest BCUT2D eigenvalue weighted by Crippen LogP contribution is -2.57. The highest BCUT2D eigenvalue weighted by Gasteiger charge is 2.26. The number of primary amides is 1. The zero-order valence-electron chi connectivity index (χ0n) is 8.52.